The van der Waals surface area contributed by atoms with Gasteiger partial charge in [0, 0.05) is 0 Å². The van der Waals surface area contributed by atoms with Gasteiger partial charge in [-0.15, -0.1) is 6.42 Å². The van der Waals surface area contributed by atoms with Crippen molar-refractivity contribution in [3.63, 3.8) is 0 Å². The van der Waals surface area contributed by atoms with E-state index in [4.69, 9.17) is 16.9 Å². The zero-order valence-corrected chi connectivity index (χ0v) is 13.8. The Morgan fingerprint density at radius 2 is 2.23 bits per heavy atom. The third-order valence-electron chi connectivity index (χ3n) is 4.36. The van der Waals surface area contributed by atoms with Crippen molar-refractivity contribution in [3.05, 3.63) is 20.8 Å². The highest BCUT2D eigenvalue weighted by molar-refractivity contribution is 5.72. The van der Waals surface area contributed by atoms with Crippen LogP contribution in [0.5, 0.6) is 0 Å². The second-order valence-electron chi connectivity index (χ2n) is 5.97. The molecule has 3 rings (SSSR count). The Balaban J connectivity index is 2.23. The number of nitrogens with zero attached hydrogens (tertiary/aromatic N) is 3. The predicted octanol–water partition coefficient (Wildman–Crippen LogP) is -1.53. The number of aliphatic hydroxyl groups excluding tert-OH is 2. The smallest absolute Gasteiger partial charge is 0.333 e. The SMILES string of the molecule is C#CCn1c(=O)n([C@@H]2O[C@@H](C(O)CC)[C@H](F)[C@H]2O)c2nc(N)[nH]c(=O)c21. The molecule has 11 heteroatoms. The average molecular weight is 367 g/mol. The number of anilines is 1. The molecule has 0 aliphatic carbocycles. The van der Waals surface area contributed by atoms with Crippen LogP contribution in [0.4, 0.5) is 10.3 Å². The highest BCUT2D eigenvalue weighted by Gasteiger charge is 2.49. The van der Waals surface area contributed by atoms with E-state index in [-0.39, 0.29) is 30.1 Å². The van der Waals surface area contributed by atoms with Crippen LogP contribution < -0.4 is 17.0 Å². The Labute approximate surface area is 146 Å². The van der Waals surface area contributed by atoms with Crippen LogP contribution in [0.15, 0.2) is 9.59 Å². The molecule has 2 aromatic rings. The van der Waals surface area contributed by atoms with E-state index in [2.05, 4.69) is 15.9 Å². The zero-order chi connectivity index (χ0) is 19.2. The van der Waals surface area contributed by atoms with Crippen LogP contribution in [0.3, 0.4) is 0 Å². The van der Waals surface area contributed by atoms with Crippen LogP contribution in [-0.2, 0) is 11.3 Å². The van der Waals surface area contributed by atoms with Gasteiger partial charge in [-0.25, -0.2) is 13.8 Å². The van der Waals surface area contributed by atoms with Crippen molar-refractivity contribution in [2.24, 2.45) is 0 Å². The minimum Gasteiger partial charge on any atom is -0.390 e. The van der Waals surface area contributed by atoms with E-state index in [9.17, 15) is 24.2 Å². The lowest BCUT2D eigenvalue weighted by Crippen LogP contribution is -2.36. The van der Waals surface area contributed by atoms with Crippen molar-refractivity contribution in [2.45, 2.75) is 50.6 Å². The quantitative estimate of drug-likeness (QED) is 0.479. The summed E-state index contributed by atoms with van der Waals surface area (Å²) in [7, 11) is 0. The summed E-state index contributed by atoms with van der Waals surface area (Å²) in [4.78, 5) is 31.1. The number of aliphatic hydroxyl groups is 2. The Hall–Kier alpha value is -2.68. The molecule has 0 spiro atoms. The summed E-state index contributed by atoms with van der Waals surface area (Å²) in [6.45, 7) is 1.37. The summed E-state index contributed by atoms with van der Waals surface area (Å²) in [6, 6.07) is 0. The maximum atomic E-state index is 14.4. The fourth-order valence-corrected chi connectivity index (χ4v) is 3.08. The van der Waals surface area contributed by atoms with Gasteiger partial charge in [0.2, 0.25) is 5.95 Å². The number of imidazole rings is 1. The maximum Gasteiger partial charge on any atom is 0.333 e. The number of terminal acetylenes is 1. The van der Waals surface area contributed by atoms with Crippen LogP contribution in [-0.4, -0.2) is 53.8 Å². The number of aromatic amines is 1. The number of halogens is 1. The number of aromatic nitrogens is 4. The number of nitrogen functional groups attached to an aromatic ring is 1. The first-order chi connectivity index (χ1) is 12.3. The average Bonchev–Trinajstić information content (AvgIpc) is 3.03. The Bertz CT molecular complexity index is 989. The van der Waals surface area contributed by atoms with Crippen molar-refractivity contribution < 1.29 is 19.3 Å². The fourth-order valence-electron chi connectivity index (χ4n) is 3.08. The molecule has 1 unspecified atom stereocenters. The van der Waals surface area contributed by atoms with E-state index < -0.39 is 42.0 Å². The molecule has 1 aliphatic heterocycles. The lowest BCUT2D eigenvalue weighted by Gasteiger charge is -2.18. The Morgan fingerprint density at radius 3 is 2.85 bits per heavy atom. The summed E-state index contributed by atoms with van der Waals surface area (Å²) < 4.78 is 21.6. The first-order valence-corrected chi connectivity index (χ1v) is 7.91. The second kappa shape index (κ2) is 6.56. The summed E-state index contributed by atoms with van der Waals surface area (Å²) in [6.07, 6.45) is -2.29. The molecule has 5 N–H and O–H groups in total. The minimum absolute atomic E-state index is 0.173. The van der Waals surface area contributed by atoms with Crippen LogP contribution in [0.25, 0.3) is 11.2 Å². The van der Waals surface area contributed by atoms with Crippen LogP contribution in [0, 0.1) is 12.3 Å². The van der Waals surface area contributed by atoms with Gasteiger partial charge >= 0.3 is 5.69 Å². The normalized spacial score (nSPS) is 26.9. The molecular weight excluding hydrogens is 349 g/mol. The van der Waals surface area contributed by atoms with E-state index in [1.807, 2.05) is 0 Å². The van der Waals surface area contributed by atoms with E-state index >= 15 is 0 Å². The molecule has 0 bridgehead atoms. The molecule has 10 nitrogen and oxygen atoms in total. The van der Waals surface area contributed by atoms with E-state index in [0.29, 0.717) is 0 Å². The zero-order valence-electron chi connectivity index (χ0n) is 13.8. The van der Waals surface area contributed by atoms with E-state index in [1.54, 1.807) is 6.92 Å². The number of rotatable bonds is 4. The highest BCUT2D eigenvalue weighted by Crippen LogP contribution is 2.34. The lowest BCUT2D eigenvalue weighted by molar-refractivity contribution is -0.0799. The van der Waals surface area contributed by atoms with Gasteiger partial charge < -0.3 is 20.7 Å². The molecule has 1 saturated heterocycles. The molecular formula is C15H18FN5O5. The monoisotopic (exact) mass is 367 g/mol. The number of H-pyrrole nitrogens is 1. The number of nitrogens with one attached hydrogen (secondary N) is 1. The molecule has 26 heavy (non-hydrogen) atoms. The minimum atomic E-state index is -1.94. The number of ether oxygens (including phenoxy) is 1. The largest absolute Gasteiger partial charge is 0.390 e. The van der Waals surface area contributed by atoms with Gasteiger partial charge in [0.05, 0.1) is 12.6 Å². The number of alkyl halides is 1. The maximum absolute atomic E-state index is 14.4. The van der Waals surface area contributed by atoms with E-state index in [0.717, 1.165) is 9.13 Å². The number of fused-ring (bicyclic) bond motifs is 1. The van der Waals surface area contributed by atoms with E-state index in [1.165, 1.54) is 0 Å². The molecule has 0 amide bonds. The fraction of sp³-hybridized carbons (Fsp3) is 0.533. The third kappa shape index (κ3) is 2.59. The second-order valence-corrected chi connectivity index (χ2v) is 5.97. The molecule has 0 saturated carbocycles. The van der Waals surface area contributed by atoms with Gasteiger partial charge in [-0.1, -0.05) is 12.8 Å². The van der Waals surface area contributed by atoms with Crippen molar-refractivity contribution in [1.29, 1.82) is 0 Å². The Morgan fingerprint density at radius 1 is 1.54 bits per heavy atom. The van der Waals surface area contributed by atoms with Gasteiger partial charge in [-0.2, -0.15) is 4.98 Å². The summed E-state index contributed by atoms with van der Waals surface area (Å²) in [5, 5.41) is 20.1. The number of hydrogen-bond acceptors (Lipinski definition) is 7. The van der Waals surface area contributed by atoms with Gasteiger partial charge in [0.15, 0.2) is 23.6 Å². The third-order valence-corrected chi connectivity index (χ3v) is 4.36. The topological polar surface area (TPSA) is 148 Å². The first-order valence-electron chi connectivity index (χ1n) is 7.91. The standard InChI is InChI=1S/C15H18FN5O5/c1-3-5-20-8-11(18-14(17)19-12(8)24)21(15(20)25)13-9(23)7(16)10(26-13)6(22)4-2/h1,6-7,9-10,13,22-23H,4-5H2,2H3,(H3,17,18,19,24)/t6?,7-,9-,10+,13-/m1/s1. The Kier molecular flexibility index (Phi) is 4.57. The summed E-state index contributed by atoms with van der Waals surface area (Å²) in [5.74, 6) is 1.96. The summed E-state index contributed by atoms with van der Waals surface area (Å²) >= 11 is 0. The molecule has 1 fully saturated rings. The van der Waals surface area contributed by atoms with Gasteiger partial charge in [-0.05, 0) is 6.42 Å². The lowest BCUT2D eigenvalue weighted by atomic mass is 10.1. The predicted molar refractivity (Wildman–Crippen MR) is 89.0 cm³/mol. The van der Waals surface area contributed by atoms with Crippen molar-refractivity contribution in [1.82, 2.24) is 19.1 Å². The van der Waals surface area contributed by atoms with Gasteiger partial charge in [0.25, 0.3) is 5.56 Å². The van der Waals surface area contributed by atoms with Crippen molar-refractivity contribution in [2.75, 3.05) is 5.73 Å². The summed E-state index contributed by atoms with van der Waals surface area (Å²) in [5.41, 5.74) is 3.63. The number of hydrogen-bond donors (Lipinski definition) is 4. The molecule has 1 aliphatic rings. The van der Waals surface area contributed by atoms with Crippen LogP contribution >= 0.6 is 0 Å². The van der Waals surface area contributed by atoms with Crippen molar-refractivity contribution in [3.8, 4) is 12.3 Å². The van der Waals surface area contributed by atoms with Crippen molar-refractivity contribution >= 4 is 17.1 Å². The number of nitrogens with two attached hydrogens (primary N) is 1. The van der Waals surface area contributed by atoms with Crippen LogP contribution in [0.1, 0.15) is 19.6 Å². The van der Waals surface area contributed by atoms with Gasteiger partial charge in [-0.3, -0.25) is 14.3 Å². The molecule has 5 atom stereocenters. The molecule has 2 aromatic heterocycles. The highest BCUT2D eigenvalue weighted by atomic mass is 19.1. The van der Waals surface area contributed by atoms with Crippen LogP contribution in [0.2, 0.25) is 0 Å². The first kappa shape index (κ1) is 18.1. The molecule has 0 radical (unpaired) electrons. The van der Waals surface area contributed by atoms with Gasteiger partial charge in [0.1, 0.15) is 12.2 Å². The molecule has 0 aromatic carbocycles. The molecule has 3 heterocycles. The molecule has 140 valence electrons.